The van der Waals surface area contributed by atoms with Gasteiger partial charge in [0.15, 0.2) is 0 Å². The zero-order valence-electron chi connectivity index (χ0n) is 10.1. The first-order valence-electron chi connectivity index (χ1n) is 5.49. The topological polar surface area (TPSA) is 78.9 Å². The molecule has 0 spiro atoms. The van der Waals surface area contributed by atoms with Gasteiger partial charge in [-0.3, -0.25) is 15.0 Å². The molecule has 0 saturated carbocycles. The van der Waals surface area contributed by atoms with E-state index in [0.29, 0.717) is 5.69 Å². The number of amides is 2. The molecule has 0 heterocycles. The number of anilines is 1. The average molecular weight is 252 g/mol. The number of hydrogen-bond donors (Lipinski definition) is 2. The third-order valence-corrected chi connectivity index (χ3v) is 1.99. The van der Waals surface area contributed by atoms with Gasteiger partial charge in [0.05, 0.1) is 18.9 Å². The minimum Gasteiger partial charge on any atom is -0.394 e. The molecule has 0 saturated heterocycles. The summed E-state index contributed by atoms with van der Waals surface area (Å²) in [5.41, 5.74) is 2.97. The largest absolute Gasteiger partial charge is 0.394 e. The number of carbonyl (C=O) groups excluding carboxylic acids is 2. The highest BCUT2D eigenvalue weighted by atomic mass is 16.5. The number of benzene rings is 1. The van der Waals surface area contributed by atoms with Crippen molar-refractivity contribution in [1.29, 1.82) is 0 Å². The van der Waals surface area contributed by atoms with Crippen LogP contribution in [-0.4, -0.2) is 36.7 Å². The number of hydrogen-bond acceptors (Lipinski definition) is 4. The lowest BCUT2D eigenvalue weighted by Gasteiger charge is -2.22. The Morgan fingerprint density at radius 1 is 1.33 bits per heavy atom. The third-order valence-electron chi connectivity index (χ3n) is 1.99. The number of hydrazine groups is 1. The van der Waals surface area contributed by atoms with Gasteiger partial charge in [-0.2, -0.15) is 0 Å². The van der Waals surface area contributed by atoms with Crippen LogP contribution in [0.5, 0.6) is 0 Å². The van der Waals surface area contributed by atoms with Crippen LogP contribution in [0.1, 0.15) is 6.92 Å². The van der Waals surface area contributed by atoms with E-state index in [1.54, 1.807) is 24.3 Å². The Morgan fingerprint density at radius 3 is 2.56 bits per heavy atom. The molecule has 0 aliphatic heterocycles. The van der Waals surface area contributed by atoms with Gasteiger partial charge in [-0.05, 0) is 12.1 Å². The van der Waals surface area contributed by atoms with E-state index >= 15 is 0 Å². The lowest BCUT2D eigenvalue weighted by molar-refractivity contribution is -0.127. The maximum absolute atomic E-state index is 11.9. The first-order valence-corrected chi connectivity index (χ1v) is 5.49. The first kappa shape index (κ1) is 14.1. The number of nitrogens with zero attached hydrogens (tertiary/aromatic N) is 1. The number of carbonyl (C=O) groups is 2. The van der Waals surface area contributed by atoms with E-state index in [2.05, 4.69) is 5.43 Å². The molecule has 6 heteroatoms. The van der Waals surface area contributed by atoms with E-state index in [-0.39, 0.29) is 25.7 Å². The van der Waals surface area contributed by atoms with Crippen molar-refractivity contribution in [3.63, 3.8) is 0 Å². The molecule has 0 bridgehead atoms. The minimum absolute atomic E-state index is 0.0778. The quantitative estimate of drug-likeness (QED) is 0.574. The summed E-state index contributed by atoms with van der Waals surface area (Å²) in [7, 11) is 0. The van der Waals surface area contributed by atoms with Crippen molar-refractivity contribution < 1.29 is 19.4 Å². The zero-order valence-corrected chi connectivity index (χ0v) is 10.1. The highest BCUT2D eigenvalue weighted by molar-refractivity contribution is 5.96. The normalized spacial score (nSPS) is 9.89. The Bertz CT molecular complexity index is 394. The molecule has 1 rings (SSSR count). The van der Waals surface area contributed by atoms with Crippen LogP contribution in [0, 0.1) is 0 Å². The second kappa shape index (κ2) is 7.41. The Balaban J connectivity index is 2.72. The summed E-state index contributed by atoms with van der Waals surface area (Å²) in [5.74, 6) is -0.765. The molecule has 0 fully saturated rings. The van der Waals surface area contributed by atoms with Crippen LogP contribution in [0.25, 0.3) is 0 Å². The van der Waals surface area contributed by atoms with Gasteiger partial charge in [0, 0.05) is 6.92 Å². The van der Waals surface area contributed by atoms with Crippen molar-refractivity contribution in [1.82, 2.24) is 5.43 Å². The van der Waals surface area contributed by atoms with Crippen molar-refractivity contribution in [3.8, 4) is 0 Å². The molecular formula is C12H16N2O4. The average Bonchev–Trinajstić information content (AvgIpc) is 2.37. The maximum atomic E-state index is 11.9. The second-order valence-corrected chi connectivity index (χ2v) is 3.51. The van der Waals surface area contributed by atoms with Crippen molar-refractivity contribution in [2.45, 2.75) is 6.92 Å². The Kier molecular flexibility index (Phi) is 5.83. The summed E-state index contributed by atoms with van der Waals surface area (Å²) in [6.45, 7) is 1.03. The Labute approximate surface area is 105 Å². The first-order chi connectivity index (χ1) is 8.65. The van der Waals surface area contributed by atoms with Crippen molar-refractivity contribution in [2.75, 3.05) is 24.8 Å². The molecule has 0 unspecified atom stereocenters. The fraction of sp³-hybridized carbons (Fsp3) is 0.333. The van der Waals surface area contributed by atoms with Gasteiger partial charge in [0.2, 0.25) is 5.91 Å². The van der Waals surface area contributed by atoms with E-state index in [4.69, 9.17) is 9.84 Å². The van der Waals surface area contributed by atoms with Crippen LogP contribution in [0.4, 0.5) is 5.69 Å². The molecule has 98 valence electrons. The third kappa shape index (κ3) is 4.52. The molecule has 0 aromatic heterocycles. The summed E-state index contributed by atoms with van der Waals surface area (Å²) in [6, 6.07) is 8.71. The molecule has 2 amide bonds. The van der Waals surface area contributed by atoms with Crippen LogP contribution in [0.3, 0.4) is 0 Å². The van der Waals surface area contributed by atoms with Crippen LogP contribution in [0.15, 0.2) is 30.3 Å². The van der Waals surface area contributed by atoms with E-state index in [1.165, 1.54) is 6.92 Å². The number of para-hydroxylation sites is 1. The monoisotopic (exact) mass is 252 g/mol. The van der Waals surface area contributed by atoms with Gasteiger partial charge in [-0.1, -0.05) is 18.2 Å². The molecule has 0 atom stereocenters. The minimum atomic E-state index is -0.412. The summed E-state index contributed by atoms with van der Waals surface area (Å²) in [4.78, 5) is 22.9. The lowest BCUT2D eigenvalue weighted by atomic mass is 10.3. The molecule has 0 aliphatic rings. The summed E-state index contributed by atoms with van der Waals surface area (Å²) < 4.78 is 4.94. The second-order valence-electron chi connectivity index (χ2n) is 3.51. The summed E-state index contributed by atoms with van der Waals surface area (Å²) in [5, 5.41) is 9.69. The van der Waals surface area contributed by atoms with Crippen LogP contribution < -0.4 is 10.4 Å². The summed E-state index contributed by atoms with van der Waals surface area (Å²) >= 11 is 0. The number of nitrogens with one attached hydrogen (secondary N) is 1. The van der Waals surface area contributed by atoms with E-state index in [1.807, 2.05) is 6.07 Å². The smallest absolute Gasteiger partial charge is 0.271 e. The molecule has 1 aromatic rings. The number of aliphatic hydroxyl groups is 1. The SMILES string of the molecule is CC(=O)NN(C(=O)COCCO)c1ccccc1. The van der Waals surface area contributed by atoms with Gasteiger partial charge in [0.25, 0.3) is 5.91 Å². The standard InChI is InChI=1S/C12H16N2O4/c1-10(16)13-14(11-5-3-2-4-6-11)12(17)9-18-8-7-15/h2-6,15H,7-9H2,1H3,(H,13,16). The maximum Gasteiger partial charge on any atom is 0.271 e. The van der Waals surface area contributed by atoms with E-state index in [9.17, 15) is 9.59 Å². The zero-order chi connectivity index (χ0) is 13.4. The molecule has 6 nitrogen and oxygen atoms in total. The Hall–Kier alpha value is -1.92. The highest BCUT2D eigenvalue weighted by Gasteiger charge is 2.16. The van der Waals surface area contributed by atoms with Crippen LogP contribution in [0.2, 0.25) is 0 Å². The van der Waals surface area contributed by atoms with Crippen molar-refractivity contribution >= 4 is 17.5 Å². The van der Waals surface area contributed by atoms with Gasteiger partial charge in [-0.25, -0.2) is 5.01 Å². The van der Waals surface area contributed by atoms with Crippen LogP contribution in [-0.2, 0) is 14.3 Å². The molecule has 2 N–H and O–H groups in total. The van der Waals surface area contributed by atoms with Gasteiger partial charge in [-0.15, -0.1) is 0 Å². The van der Waals surface area contributed by atoms with Crippen LogP contribution >= 0.6 is 0 Å². The fourth-order valence-electron chi connectivity index (χ4n) is 1.29. The number of ether oxygens (including phenoxy) is 1. The number of rotatable bonds is 5. The van der Waals surface area contributed by atoms with Gasteiger partial charge in [0.1, 0.15) is 6.61 Å². The highest BCUT2D eigenvalue weighted by Crippen LogP contribution is 2.11. The summed E-state index contributed by atoms with van der Waals surface area (Å²) in [6.07, 6.45) is 0. The predicted octanol–water partition coefficient (Wildman–Crippen LogP) is 0.0796. The van der Waals surface area contributed by atoms with E-state index < -0.39 is 5.91 Å². The fourth-order valence-corrected chi connectivity index (χ4v) is 1.29. The molecular weight excluding hydrogens is 236 g/mol. The molecule has 0 aliphatic carbocycles. The van der Waals surface area contributed by atoms with Crippen molar-refractivity contribution in [2.24, 2.45) is 0 Å². The number of aliphatic hydroxyl groups excluding tert-OH is 1. The van der Waals surface area contributed by atoms with Crippen molar-refractivity contribution in [3.05, 3.63) is 30.3 Å². The van der Waals surface area contributed by atoms with Gasteiger partial charge >= 0.3 is 0 Å². The predicted molar refractivity (Wildman–Crippen MR) is 65.6 cm³/mol. The molecule has 1 aromatic carbocycles. The molecule has 18 heavy (non-hydrogen) atoms. The lowest BCUT2D eigenvalue weighted by Crippen LogP contribution is -2.47. The Morgan fingerprint density at radius 2 is 2.00 bits per heavy atom. The van der Waals surface area contributed by atoms with Gasteiger partial charge < -0.3 is 9.84 Å². The van der Waals surface area contributed by atoms with E-state index in [0.717, 1.165) is 5.01 Å². The molecule has 0 radical (unpaired) electrons.